The van der Waals surface area contributed by atoms with E-state index < -0.39 is 46.7 Å². The van der Waals surface area contributed by atoms with Gasteiger partial charge in [-0.25, -0.2) is 4.79 Å². The predicted octanol–water partition coefficient (Wildman–Crippen LogP) is 4.42. The largest absolute Gasteiger partial charge is 0.497 e. The Morgan fingerprint density at radius 1 is 1.25 bits per heavy atom. The number of hydrogen-bond donors (Lipinski definition) is 3. The molecule has 0 bridgehead atoms. The number of ether oxygens (including phenoxy) is 4. The van der Waals surface area contributed by atoms with Crippen LogP contribution in [0.2, 0.25) is 0 Å². The first-order valence-corrected chi connectivity index (χ1v) is 13.0. The van der Waals surface area contributed by atoms with E-state index in [1.807, 2.05) is 31.2 Å². The van der Waals surface area contributed by atoms with E-state index >= 15 is 0 Å². The maximum Gasteiger partial charge on any atom is 0.338 e. The highest BCUT2D eigenvalue weighted by Gasteiger charge is 2.78. The topological polar surface area (TPSA) is 161 Å². The van der Waals surface area contributed by atoms with E-state index in [4.69, 9.17) is 24.7 Å². The summed E-state index contributed by atoms with van der Waals surface area (Å²) in [5.41, 5.74) is 14.1. The maximum atomic E-state index is 13.1. The molecule has 0 radical (unpaired) electrons. The van der Waals surface area contributed by atoms with Gasteiger partial charge in [-0.2, -0.15) is 0 Å². The van der Waals surface area contributed by atoms with Crippen molar-refractivity contribution in [2.24, 2.45) is 10.8 Å². The summed E-state index contributed by atoms with van der Waals surface area (Å²) in [5, 5.41) is 19.8. The number of carbonyl (C=O) groups is 1. The third kappa shape index (κ3) is 4.70. The fourth-order valence-electron chi connectivity index (χ4n) is 5.82. The summed E-state index contributed by atoms with van der Waals surface area (Å²) in [6, 6.07) is 11.9. The van der Waals surface area contributed by atoms with Gasteiger partial charge in [0.05, 0.1) is 36.9 Å². The number of esters is 1. The Morgan fingerprint density at radius 3 is 2.48 bits per heavy atom. The van der Waals surface area contributed by atoms with Crippen molar-refractivity contribution in [2.75, 3.05) is 19.0 Å². The van der Waals surface area contributed by atoms with Gasteiger partial charge in [0.25, 0.3) is 0 Å². The van der Waals surface area contributed by atoms with Crippen LogP contribution < -0.4 is 15.8 Å². The summed E-state index contributed by atoms with van der Waals surface area (Å²) in [6.45, 7) is 12.3. The zero-order chi connectivity index (χ0) is 29.5. The van der Waals surface area contributed by atoms with Gasteiger partial charge >= 0.3 is 5.97 Å². The Kier molecular flexibility index (Phi) is 7.66. The highest BCUT2D eigenvalue weighted by Crippen LogP contribution is 2.56. The number of azide groups is 1. The van der Waals surface area contributed by atoms with Crippen LogP contribution in [0.1, 0.15) is 50.5 Å². The number of nitrogens with one attached hydrogen (secondary N) is 1. The fourth-order valence-corrected chi connectivity index (χ4v) is 5.82. The predicted molar refractivity (Wildman–Crippen MR) is 151 cm³/mol. The molecule has 0 amide bonds. The molecule has 4 rings (SSSR count). The lowest BCUT2D eigenvalue weighted by atomic mass is 9.74. The molecule has 0 aromatic heterocycles. The van der Waals surface area contributed by atoms with Gasteiger partial charge in [-0.1, -0.05) is 29.4 Å². The molecule has 2 fully saturated rings. The average Bonchev–Trinajstić information content (AvgIpc) is 3.31. The van der Waals surface area contributed by atoms with Crippen LogP contribution in [-0.4, -0.2) is 65.5 Å². The minimum atomic E-state index is -1.92. The van der Waals surface area contributed by atoms with Gasteiger partial charge in [-0.3, -0.25) is 0 Å². The summed E-state index contributed by atoms with van der Waals surface area (Å²) in [6.07, 6.45) is -1.13. The highest BCUT2D eigenvalue weighted by atomic mass is 16.8. The van der Waals surface area contributed by atoms with Gasteiger partial charge in [0.2, 0.25) is 0 Å². The first-order valence-electron chi connectivity index (χ1n) is 13.0. The monoisotopic (exact) mass is 551 g/mol. The lowest BCUT2D eigenvalue weighted by Gasteiger charge is -2.47. The first kappa shape index (κ1) is 29.4. The second-order valence-corrected chi connectivity index (χ2v) is 11.1. The number of carbonyl (C=O) groups excluding carboxylic acids is 1. The summed E-state index contributed by atoms with van der Waals surface area (Å²) >= 11 is 0. The molecule has 1 saturated heterocycles. The second-order valence-electron chi connectivity index (χ2n) is 11.1. The van der Waals surface area contributed by atoms with Crippen molar-refractivity contribution in [3.05, 3.63) is 76.7 Å². The summed E-state index contributed by atoms with van der Waals surface area (Å²) in [5.74, 6) is -1.17. The quantitative estimate of drug-likeness (QED) is 0.188. The maximum absolute atomic E-state index is 13.1. The smallest absolute Gasteiger partial charge is 0.338 e. The number of anilines is 1. The van der Waals surface area contributed by atoms with Crippen LogP contribution in [0.4, 0.5) is 5.69 Å². The first-order chi connectivity index (χ1) is 18.7. The van der Waals surface area contributed by atoms with Gasteiger partial charge in [0.15, 0.2) is 5.79 Å². The van der Waals surface area contributed by atoms with Crippen molar-refractivity contribution in [1.29, 1.82) is 0 Å². The van der Waals surface area contributed by atoms with E-state index in [0.717, 1.165) is 11.1 Å². The molecule has 2 aromatic rings. The Bertz CT molecular complexity index is 1340. The van der Waals surface area contributed by atoms with E-state index in [1.54, 1.807) is 45.0 Å². The molecular weight excluding hydrogens is 514 g/mol. The molecule has 1 saturated carbocycles. The molecule has 11 nitrogen and oxygen atoms in total. The summed E-state index contributed by atoms with van der Waals surface area (Å²) < 4.78 is 23.4. The van der Waals surface area contributed by atoms with Crippen LogP contribution in [0.15, 0.2) is 60.2 Å². The van der Waals surface area contributed by atoms with E-state index in [2.05, 4.69) is 21.9 Å². The van der Waals surface area contributed by atoms with Crippen molar-refractivity contribution in [1.82, 2.24) is 0 Å². The molecular formula is C29H37N5O6. The third-order valence-electron chi connectivity index (χ3n) is 8.17. The van der Waals surface area contributed by atoms with Crippen LogP contribution in [0.25, 0.3) is 16.0 Å². The molecule has 1 aliphatic carbocycles. The lowest BCUT2D eigenvalue weighted by molar-refractivity contribution is -0.216. The fraction of sp³-hybridized carbons (Fsp3) is 0.483. The standard InChI is InChI=1S/C29H37N5O6/c1-17(2)20-9-8-10-21(15-20)32-23-24(33-34-31)29(30,27(6,36)28(23)16-38-26(4,5)40-28)18(3)39-25(35)19-11-13-22(37-7)14-12-19/h8-15,18,23-24,32,36H,1,16,30H2,2-7H3/t18-,23-,24-,27-,28+,29-/m0/s1. The Hall–Kier alpha value is -3.60. The lowest BCUT2D eigenvalue weighted by Crippen LogP contribution is -2.72. The Balaban J connectivity index is 1.79. The van der Waals surface area contributed by atoms with Crippen molar-refractivity contribution in [3.8, 4) is 5.75 Å². The zero-order valence-corrected chi connectivity index (χ0v) is 23.7. The SMILES string of the molecule is C=C(C)c1cccc(N[C@H]2[C@H](N=[N+]=[N-])[C@@](N)([C@H](C)OC(=O)c3ccc(OC)cc3)[C@@](C)(O)[C@@]23COC(C)(C)O3)c1. The molecule has 6 atom stereocenters. The molecule has 2 aromatic carbocycles. The van der Waals surface area contributed by atoms with Crippen LogP contribution in [0, 0.1) is 0 Å². The van der Waals surface area contributed by atoms with Gasteiger partial charge in [0, 0.05) is 10.6 Å². The molecule has 40 heavy (non-hydrogen) atoms. The summed E-state index contributed by atoms with van der Waals surface area (Å²) in [7, 11) is 1.52. The molecule has 1 spiro atoms. The normalized spacial score (nSPS) is 31.3. The number of hydrogen-bond acceptors (Lipinski definition) is 9. The van der Waals surface area contributed by atoms with Gasteiger partial charge in [-0.05, 0) is 82.1 Å². The number of aliphatic hydroxyl groups is 1. The second kappa shape index (κ2) is 10.4. The van der Waals surface area contributed by atoms with Crippen LogP contribution in [0.3, 0.4) is 0 Å². The number of allylic oxidation sites excluding steroid dienone is 1. The molecule has 11 heteroatoms. The van der Waals surface area contributed by atoms with Gasteiger partial charge in [0.1, 0.15) is 23.1 Å². The average molecular weight is 552 g/mol. The number of nitrogens with two attached hydrogens (primary N) is 1. The van der Waals surface area contributed by atoms with Crippen molar-refractivity contribution in [2.45, 2.75) is 75.3 Å². The molecule has 214 valence electrons. The van der Waals surface area contributed by atoms with E-state index in [9.17, 15) is 15.4 Å². The van der Waals surface area contributed by atoms with Gasteiger partial charge in [-0.15, -0.1) is 0 Å². The Morgan fingerprint density at radius 2 is 1.93 bits per heavy atom. The number of rotatable bonds is 8. The third-order valence-corrected chi connectivity index (χ3v) is 8.17. The van der Waals surface area contributed by atoms with Crippen molar-refractivity contribution >= 4 is 17.2 Å². The van der Waals surface area contributed by atoms with Crippen molar-refractivity contribution < 1.29 is 28.8 Å². The van der Waals surface area contributed by atoms with Crippen molar-refractivity contribution in [3.63, 3.8) is 0 Å². The molecule has 0 unspecified atom stereocenters. The Labute approximate surface area is 233 Å². The minimum absolute atomic E-state index is 0.0691. The molecule has 1 aliphatic heterocycles. The van der Waals surface area contributed by atoms with E-state index in [1.165, 1.54) is 14.0 Å². The number of methoxy groups -OCH3 is 1. The minimum Gasteiger partial charge on any atom is -0.497 e. The molecule has 1 heterocycles. The van der Waals surface area contributed by atoms with Gasteiger partial charge < -0.3 is 35.1 Å². The van der Waals surface area contributed by atoms with Crippen LogP contribution in [-0.2, 0) is 14.2 Å². The summed E-state index contributed by atoms with van der Waals surface area (Å²) in [4.78, 5) is 16.2. The molecule has 4 N–H and O–H groups in total. The van der Waals surface area contributed by atoms with E-state index in [0.29, 0.717) is 11.4 Å². The van der Waals surface area contributed by atoms with Crippen LogP contribution in [0.5, 0.6) is 5.75 Å². The molecule has 2 aliphatic rings. The number of nitrogens with zero attached hydrogens (tertiary/aromatic N) is 3. The zero-order valence-electron chi connectivity index (χ0n) is 23.7. The highest BCUT2D eigenvalue weighted by molar-refractivity contribution is 5.89. The number of benzene rings is 2. The van der Waals surface area contributed by atoms with Crippen LogP contribution >= 0.6 is 0 Å². The van der Waals surface area contributed by atoms with E-state index in [-0.39, 0.29) is 12.2 Å².